The maximum Gasteiger partial charge on any atom is 0.324 e. The predicted octanol–water partition coefficient (Wildman–Crippen LogP) is 1.61. The molecule has 0 aromatic heterocycles. The van der Waals surface area contributed by atoms with E-state index >= 15 is 0 Å². The number of benzene rings is 2. The first-order valence-corrected chi connectivity index (χ1v) is 6.08. The molecule has 0 saturated heterocycles. The molecule has 4 N–H and O–H groups in total. The van der Waals surface area contributed by atoms with E-state index in [9.17, 15) is 18.7 Å². The molecule has 0 fully saturated rings. The molecule has 0 saturated carbocycles. The van der Waals surface area contributed by atoms with Gasteiger partial charge in [-0.25, -0.2) is 8.78 Å². The van der Waals surface area contributed by atoms with Gasteiger partial charge in [0, 0.05) is 0 Å². The molecule has 2 aromatic rings. The van der Waals surface area contributed by atoms with Crippen molar-refractivity contribution < 1.29 is 23.8 Å². The Labute approximate surface area is 119 Å². The molecule has 0 unspecified atom stereocenters. The smallest absolute Gasteiger partial charge is 0.324 e. The van der Waals surface area contributed by atoms with Gasteiger partial charge in [-0.1, -0.05) is 24.3 Å². The molecule has 2 rings (SSSR count). The minimum absolute atomic E-state index is 0.102. The molecule has 21 heavy (non-hydrogen) atoms. The third kappa shape index (κ3) is 2.76. The van der Waals surface area contributed by atoms with Gasteiger partial charge < -0.3 is 15.9 Å². The fourth-order valence-electron chi connectivity index (χ4n) is 2.11. The number of halogens is 2. The number of carboxylic acid groups (broad SMARTS) is 1. The van der Waals surface area contributed by atoms with Gasteiger partial charge in [0.15, 0.2) is 0 Å². The maximum atomic E-state index is 13.0. The summed E-state index contributed by atoms with van der Waals surface area (Å²) < 4.78 is 26.0. The van der Waals surface area contributed by atoms with E-state index < -0.39 is 29.2 Å². The van der Waals surface area contributed by atoms with Crippen LogP contribution < -0.4 is 5.73 Å². The molecule has 6 heteroatoms. The van der Waals surface area contributed by atoms with Crippen LogP contribution in [-0.2, 0) is 10.4 Å². The van der Waals surface area contributed by atoms with Crippen LogP contribution in [0.3, 0.4) is 0 Å². The summed E-state index contributed by atoms with van der Waals surface area (Å²) in [5.74, 6) is -2.51. The molecule has 0 aliphatic heterocycles. The van der Waals surface area contributed by atoms with Crippen molar-refractivity contribution in [2.24, 2.45) is 5.73 Å². The number of aliphatic carboxylic acids is 1. The van der Waals surface area contributed by atoms with Crippen molar-refractivity contribution in [3.05, 3.63) is 71.3 Å². The zero-order valence-electron chi connectivity index (χ0n) is 10.8. The van der Waals surface area contributed by atoms with Crippen LogP contribution in [0, 0.1) is 11.6 Å². The van der Waals surface area contributed by atoms with Gasteiger partial charge in [-0.2, -0.15) is 0 Å². The van der Waals surface area contributed by atoms with E-state index in [1.165, 1.54) is 24.3 Å². The van der Waals surface area contributed by atoms with Gasteiger partial charge in [0.25, 0.3) is 0 Å². The van der Waals surface area contributed by atoms with Crippen LogP contribution >= 0.6 is 0 Å². The molecular weight excluding hydrogens is 280 g/mol. The molecule has 2 aromatic carbocycles. The van der Waals surface area contributed by atoms with E-state index in [2.05, 4.69) is 0 Å². The van der Waals surface area contributed by atoms with Crippen LogP contribution in [0.5, 0.6) is 0 Å². The number of rotatable bonds is 4. The number of nitrogens with two attached hydrogens (primary N) is 1. The van der Waals surface area contributed by atoms with Crippen LogP contribution in [0.25, 0.3) is 0 Å². The molecule has 1 atom stereocenters. The summed E-state index contributed by atoms with van der Waals surface area (Å²) in [6.07, 6.45) is 0. The van der Waals surface area contributed by atoms with Gasteiger partial charge in [-0.15, -0.1) is 0 Å². The van der Waals surface area contributed by atoms with E-state index in [0.29, 0.717) is 0 Å². The lowest BCUT2D eigenvalue weighted by Crippen LogP contribution is -2.51. The van der Waals surface area contributed by atoms with Gasteiger partial charge in [0.1, 0.15) is 23.3 Å². The van der Waals surface area contributed by atoms with Gasteiger partial charge in [0.2, 0.25) is 0 Å². The van der Waals surface area contributed by atoms with Gasteiger partial charge in [-0.05, 0) is 35.4 Å². The van der Waals surface area contributed by atoms with Gasteiger partial charge in [-0.3, -0.25) is 4.79 Å². The predicted molar refractivity (Wildman–Crippen MR) is 71.4 cm³/mol. The maximum absolute atomic E-state index is 13.0. The Bertz CT molecular complexity index is 595. The van der Waals surface area contributed by atoms with E-state index in [1.807, 2.05) is 0 Å². The molecular formula is C15H13F2NO3. The third-order valence-corrected chi connectivity index (χ3v) is 3.28. The quantitative estimate of drug-likeness (QED) is 0.799. The summed E-state index contributed by atoms with van der Waals surface area (Å²) in [7, 11) is 0. The Morgan fingerprint density at radius 3 is 1.57 bits per heavy atom. The fourth-order valence-corrected chi connectivity index (χ4v) is 2.11. The molecule has 0 spiro atoms. The number of carboxylic acids is 1. The average Bonchev–Trinajstić information content (AvgIpc) is 2.47. The molecule has 0 aliphatic rings. The minimum Gasteiger partial charge on any atom is -0.480 e. The topological polar surface area (TPSA) is 83.6 Å². The largest absolute Gasteiger partial charge is 0.480 e. The molecule has 0 bridgehead atoms. The van der Waals surface area contributed by atoms with Crippen molar-refractivity contribution in [3.63, 3.8) is 0 Å². The Morgan fingerprint density at radius 2 is 1.29 bits per heavy atom. The second kappa shape index (κ2) is 5.59. The highest BCUT2D eigenvalue weighted by molar-refractivity contribution is 5.76. The van der Waals surface area contributed by atoms with Crippen LogP contribution in [0.2, 0.25) is 0 Å². The Balaban J connectivity index is 2.61. The average molecular weight is 293 g/mol. The Hall–Kier alpha value is -2.31. The summed E-state index contributed by atoms with van der Waals surface area (Å²) in [5.41, 5.74) is 3.70. The van der Waals surface area contributed by atoms with Crippen LogP contribution in [0.1, 0.15) is 11.1 Å². The van der Waals surface area contributed by atoms with E-state index in [-0.39, 0.29) is 11.1 Å². The lowest BCUT2D eigenvalue weighted by Gasteiger charge is -2.32. The standard InChI is InChI=1S/C15H13F2NO3/c16-11-5-1-9(2-6-11)15(21,13(18)14(19)20)10-3-7-12(17)8-4-10/h1-8,13,21H,18H2,(H,19,20)/t13-/m1/s1. The van der Waals surface area contributed by atoms with Gasteiger partial charge >= 0.3 is 5.97 Å². The molecule has 0 amide bonds. The molecule has 0 aliphatic carbocycles. The van der Waals surface area contributed by atoms with Crippen molar-refractivity contribution in [3.8, 4) is 0 Å². The summed E-state index contributed by atoms with van der Waals surface area (Å²) in [6, 6.07) is 7.58. The monoisotopic (exact) mass is 293 g/mol. The highest BCUT2D eigenvalue weighted by Crippen LogP contribution is 2.32. The van der Waals surface area contributed by atoms with Crippen LogP contribution in [0.4, 0.5) is 8.78 Å². The number of aliphatic hydroxyl groups is 1. The lowest BCUT2D eigenvalue weighted by molar-refractivity contribution is -0.144. The zero-order valence-corrected chi connectivity index (χ0v) is 10.8. The first kappa shape index (κ1) is 15.1. The van der Waals surface area contributed by atoms with Crippen LogP contribution in [0.15, 0.2) is 48.5 Å². The highest BCUT2D eigenvalue weighted by Gasteiger charge is 2.42. The van der Waals surface area contributed by atoms with E-state index in [1.54, 1.807) is 0 Å². The highest BCUT2D eigenvalue weighted by atomic mass is 19.1. The van der Waals surface area contributed by atoms with Crippen molar-refractivity contribution in [2.45, 2.75) is 11.6 Å². The second-order valence-corrected chi connectivity index (χ2v) is 4.60. The number of hydrogen-bond donors (Lipinski definition) is 3. The first-order chi connectivity index (χ1) is 9.85. The van der Waals surface area contributed by atoms with E-state index in [0.717, 1.165) is 24.3 Å². The minimum atomic E-state index is -2.10. The van der Waals surface area contributed by atoms with Crippen molar-refractivity contribution in [1.29, 1.82) is 0 Å². The molecule has 110 valence electrons. The van der Waals surface area contributed by atoms with E-state index in [4.69, 9.17) is 10.8 Å². The lowest BCUT2D eigenvalue weighted by atomic mass is 9.80. The summed E-state index contributed by atoms with van der Waals surface area (Å²) >= 11 is 0. The fraction of sp³-hybridized carbons (Fsp3) is 0.133. The zero-order chi connectivity index (χ0) is 15.6. The molecule has 4 nitrogen and oxygen atoms in total. The van der Waals surface area contributed by atoms with Gasteiger partial charge in [0.05, 0.1) is 0 Å². The number of hydrogen-bond acceptors (Lipinski definition) is 3. The van der Waals surface area contributed by atoms with Crippen molar-refractivity contribution in [2.75, 3.05) is 0 Å². The summed E-state index contributed by atoms with van der Waals surface area (Å²) in [6.45, 7) is 0. The molecule has 0 heterocycles. The van der Waals surface area contributed by atoms with Crippen molar-refractivity contribution >= 4 is 5.97 Å². The first-order valence-electron chi connectivity index (χ1n) is 6.08. The van der Waals surface area contributed by atoms with Crippen molar-refractivity contribution in [1.82, 2.24) is 0 Å². The van der Waals surface area contributed by atoms with Crippen LogP contribution in [-0.4, -0.2) is 22.2 Å². The summed E-state index contributed by atoms with van der Waals surface area (Å²) in [4.78, 5) is 11.2. The second-order valence-electron chi connectivity index (χ2n) is 4.60. The normalized spacial score (nSPS) is 13.0. The SMILES string of the molecule is N[C@H](C(=O)O)C(O)(c1ccc(F)cc1)c1ccc(F)cc1. The summed E-state index contributed by atoms with van der Waals surface area (Å²) in [5, 5.41) is 19.9. The third-order valence-electron chi connectivity index (χ3n) is 3.28. The number of carbonyl (C=O) groups is 1. The molecule has 0 radical (unpaired) electrons. The Morgan fingerprint density at radius 1 is 0.952 bits per heavy atom. The Kier molecular flexibility index (Phi) is 4.02.